The first kappa shape index (κ1) is 15.9. The van der Waals surface area contributed by atoms with Crippen LogP contribution in [0.25, 0.3) is 0 Å². The molecule has 0 aromatic carbocycles. The van der Waals surface area contributed by atoms with E-state index in [1.807, 2.05) is 12.1 Å². The molecule has 3 rings (SSSR count). The first-order chi connectivity index (χ1) is 10.6. The fourth-order valence-corrected chi connectivity index (χ4v) is 4.70. The molecule has 0 spiro atoms. The summed E-state index contributed by atoms with van der Waals surface area (Å²) in [6.07, 6.45) is 6.46. The quantitative estimate of drug-likeness (QED) is 0.800. The number of hydrogen-bond donors (Lipinski definition) is 0. The average Bonchev–Trinajstić information content (AvgIpc) is 2.93. The Labute approximate surface area is 132 Å². The Hall–Kier alpha value is -1.02. The minimum absolute atomic E-state index is 0.00417. The Morgan fingerprint density at radius 3 is 2.55 bits per heavy atom. The second-order valence-corrected chi connectivity index (χ2v) is 7.94. The Balaban J connectivity index is 1.82. The number of morpholine rings is 1. The first-order valence-corrected chi connectivity index (χ1v) is 9.58. The van der Waals surface area contributed by atoms with Gasteiger partial charge < -0.3 is 4.74 Å². The number of nitrogens with zero attached hydrogens (tertiary/aromatic N) is 3. The predicted molar refractivity (Wildman–Crippen MR) is 84.1 cm³/mol. The molecule has 0 N–H and O–H groups in total. The van der Waals surface area contributed by atoms with Gasteiger partial charge in [0.2, 0.25) is 10.0 Å². The maximum absolute atomic E-state index is 12.1. The summed E-state index contributed by atoms with van der Waals surface area (Å²) in [4.78, 5) is 6.43. The molecular formula is C15H23N3O3S. The van der Waals surface area contributed by atoms with Crippen LogP contribution in [0.4, 0.5) is 0 Å². The van der Waals surface area contributed by atoms with Gasteiger partial charge in [-0.2, -0.15) is 4.31 Å². The Morgan fingerprint density at radius 1 is 1.23 bits per heavy atom. The summed E-state index contributed by atoms with van der Waals surface area (Å²) < 4.78 is 31.4. The summed E-state index contributed by atoms with van der Waals surface area (Å²) >= 11 is 0. The van der Waals surface area contributed by atoms with E-state index in [0.29, 0.717) is 6.54 Å². The Bertz CT molecular complexity index is 587. The van der Waals surface area contributed by atoms with Crippen molar-refractivity contribution in [2.45, 2.75) is 24.9 Å². The number of aromatic nitrogens is 1. The standard InChI is InChI=1S/C15H23N3O3S/c1-22(19,20)18-7-4-14(17-8-10-21-11-9-17)15(18)12-13-2-5-16-6-3-13/h2-3,5-6,14-15H,4,7-12H2,1H3/t14-,15+/m1/s1. The number of sulfonamides is 1. The molecule has 22 heavy (non-hydrogen) atoms. The maximum Gasteiger partial charge on any atom is 0.211 e. The summed E-state index contributed by atoms with van der Waals surface area (Å²) in [5.41, 5.74) is 1.13. The predicted octanol–water partition coefficient (Wildman–Crippen LogP) is 0.359. The van der Waals surface area contributed by atoms with Gasteiger partial charge in [-0.25, -0.2) is 8.42 Å². The highest BCUT2D eigenvalue weighted by atomic mass is 32.2. The van der Waals surface area contributed by atoms with Crippen molar-refractivity contribution in [2.75, 3.05) is 39.1 Å². The van der Waals surface area contributed by atoms with Crippen LogP contribution in [0.1, 0.15) is 12.0 Å². The summed E-state index contributed by atoms with van der Waals surface area (Å²) in [6, 6.07) is 4.20. The third kappa shape index (κ3) is 3.48. The lowest BCUT2D eigenvalue weighted by molar-refractivity contribution is 0.0116. The SMILES string of the molecule is CS(=O)(=O)N1CC[C@@H](N2CCOCC2)[C@@H]1Cc1ccncc1. The number of rotatable bonds is 4. The van der Waals surface area contributed by atoms with Crippen molar-refractivity contribution >= 4 is 10.0 Å². The third-order valence-electron chi connectivity index (χ3n) is 4.59. The van der Waals surface area contributed by atoms with Gasteiger partial charge in [-0.1, -0.05) is 0 Å². The van der Waals surface area contributed by atoms with Gasteiger partial charge in [0.25, 0.3) is 0 Å². The molecule has 1 aromatic rings. The van der Waals surface area contributed by atoms with Gasteiger partial charge in [0, 0.05) is 44.1 Å². The van der Waals surface area contributed by atoms with E-state index in [9.17, 15) is 8.42 Å². The molecule has 2 aliphatic heterocycles. The fourth-order valence-electron chi connectivity index (χ4n) is 3.55. The number of ether oxygens (including phenoxy) is 1. The van der Waals surface area contributed by atoms with E-state index in [1.54, 1.807) is 16.7 Å². The molecule has 2 atom stereocenters. The highest BCUT2D eigenvalue weighted by molar-refractivity contribution is 7.88. The van der Waals surface area contributed by atoms with Gasteiger partial charge in [0.15, 0.2) is 0 Å². The van der Waals surface area contributed by atoms with E-state index in [2.05, 4.69) is 9.88 Å². The highest BCUT2D eigenvalue weighted by Gasteiger charge is 2.42. The molecule has 1 aromatic heterocycles. The molecule has 3 heterocycles. The van der Waals surface area contributed by atoms with Crippen LogP contribution in [0.15, 0.2) is 24.5 Å². The van der Waals surface area contributed by atoms with Crippen LogP contribution in [0, 0.1) is 0 Å². The van der Waals surface area contributed by atoms with Gasteiger partial charge in [0.05, 0.1) is 19.5 Å². The maximum atomic E-state index is 12.1. The van der Waals surface area contributed by atoms with Crippen LogP contribution in [-0.2, 0) is 21.2 Å². The average molecular weight is 325 g/mol. The lowest BCUT2D eigenvalue weighted by Crippen LogP contribution is -2.51. The fraction of sp³-hybridized carbons (Fsp3) is 0.667. The molecular weight excluding hydrogens is 302 g/mol. The number of pyridine rings is 1. The topological polar surface area (TPSA) is 62.7 Å². The summed E-state index contributed by atoms with van der Waals surface area (Å²) in [6.45, 7) is 3.84. The molecule has 0 bridgehead atoms. The highest BCUT2D eigenvalue weighted by Crippen LogP contribution is 2.28. The van der Waals surface area contributed by atoms with Crippen molar-refractivity contribution in [3.05, 3.63) is 30.1 Å². The first-order valence-electron chi connectivity index (χ1n) is 7.73. The van der Waals surface area contributed by atoms with E-state index in [0.717, 1.165) is 44.7 Å². The Kier molecular flexibility index (Phi) is 4.77. The molecule has 6 nitrogen and oxygen atoms in total. The summed E-state index contributed by atoms with van der Waals surface area (Å²) in [7, 11) is -3.18. The summed E-state index contributed by atoms with van der Waals surface area (Å²) in [5.74, 6) is 0. The van der Waals surface area contributed by atoms with Crippen LogP contribution in [0.3, 0.4) is 0 Å². The minimum Gasteiger partial charge on any atom is -0.379 e. The van der Waals surface area contributed by atoms with E-state index in [-0.39, 0.29) is 12.1 Å². The lowest BCUT2D eigenvalue weighted by Gasteiger charge is -2.37. The van der Waals surface area contributed by atoms with Crippen molar-refractivity contribution in [1.29, 1.82) is 0 Å². The molecule has 0 radical (unpaired) electrons. The van der Waals surface area contributed by atoms with Crippen molar-refractivity contribution in [3.8, 4) is 0 Å². The second-order valence-electron chi connectivity index (χ2n) is 6.01. The molecule has 2 saturated heterocycles. The third-order valence-corrected chi connectivity index (χ3v) is 5.90. The molecule has 0 unspecified atom stereocenters. The van der Waals surface area contributed by atoms with E-state index in [4.69, 9.17) is 4.74 Å². The van der Waals surface area contributed by atoms with E-state index >= 15 is 0 Å². The van der Waals surface area contributed by atoms with Gasteiger partial charge in [-0.05, 0) is 30.5 Å². The van der Waals surface area contributed by atoms with Crippen molar-refractivity contribution < 1.29 is 13.2 Å². The van der Waals surface area contributed by atoms with Crippen molar-refractivity contribution in [2.24, 2.45) is 0 Å². The molecule has 0 saturated carbocycles. The van der Waals surface area contributed by atoms with Gasteiger partial charge in [-0.3, -0.25) is 9.88 Å². The van der Waals surface area contributed by atoms with Crippen LogP contribution >= 0.6 is 0 Å². The van der Waals surface area contributed by atoms with Crippen LogP contribution in [-0.4, -0.2) is 73.8 Å². The number of hydrogen-bond acceptors (Lipinski definition) is 5. The van der Waals surface area contributed by atoms with Crippen LogP contribution < -0.4 is 0 Å². The normalized spacial score (nSPS) is 28.0. The zero-order chi connectivity index (χ0) is 15.6. The van der Waals surface area contributed by atoms with Crippen molar-refractivity contribution in [1.82, 2.24) is 14.2 Å². The van der Waals surface area contributed by atoms with Crippen LogP contribution in [0.2, 0.25) is 0 Å². The summed E-state index contributed by atoms with van der Waals surface area (Å²) in [5, 5.41) is 0. The monoisotopic (exact) mass is 325 g/mol. The Morgan fingerprint density at radius 2 is 1.91 bits per heavy atom. The van der Waals surface area contributed by atoms with Gasteiger partial charge >= 0.3 is 0 Å². The molecule has 7 heteroatoms. The lowest BCUT2D eigenvalue weighted by atomic mass is 10.00. The van der Waals surface area contributed by atoms with Gasteiger partial charge in [-0.15, -0.1) is 0 Å². The smallest absolute Gasteiger partial charge is 0.211 e. The molecule has 122 valence electrons. The zero-order valence-corrected chi connectivity index (χ0v) is 13.7. The van der Waals surface area contributed by atoms with Crippen LogP contribution in [0.5, 0.6) is 0 Å². The molecule has 0 amide bonds. The zero-order valence-electron chi connectivity index (χ0n) is 12.9. The van der Waals surface area contributed by atoms with Crippen molar-refractivity contribution in [3.63, 3.8) is 0 Å². The van der Waals surface area contributed by atoms with Gasteiger partial charge in [0.1, 0.15) is 0 Å². The molecule has 2 aliphatic rings. The van der Waals surface area contributed by atoms with E-state index < -0.39 is 10.0 Å². The largest absolute Gasteiger partial charge is 0.379 e. The van der Waals surface area contributed by atoms with E-state index in [1.165, 1.54) is 6.26 Å². The minimum atomic E-state index is -3.18. The second kappa shape index (κ2) is 6.62. The molecule has 2 fully saturated rings. The molecule has 0 aliphatic carbocycles.